The maximum Gasteiger partial charge on any atom is 0.201 e. The maximum absolute atomic E-state index is 11.1. The fourth-order valence-corrected chi connectivity index (χ4v) is 1.75. The fourth-order valence-electron chi connectivity index (χ4n) is 0.962. The van der Waals surface area contributed by atoms with Crippen LogP contribution in [0.15, 0.2) is 0 Å². The van der Waals surface area contributed by atoms with E-state index >= 15 is 0 Å². The highest BCUT2D eigenvalue weighted by molar-refractivity contribution is 7.99. The van der Waals surface area contributed by atoms with E-state index in [-0.39, 0.29) is 18.1 Å². The van der Waals surface area contributed by atoms with Crippen LogP contribution in [0.5, 0.6) is 0 Å². The summed E-state index contributed by atoms with van der Waals surface area (Å²) in [6, 6.07) is 0. The first-order valence-corrected chi connectivity index (χ1v) is 5.22. The Kier molecular flexibility index (Phi) is 4.32. The molecule has 0 aromatic rings. The van der Waals surface area contributed by atoms with E-state index in [0.717, 1.165) is 17.9 Å². The van der Waals surface area contributed by atoms with Crippen molar-refractivity contribution in [2.45, 2.75) is 12.8 Å². The molecule has 0 saturated carbocycles. The zero-order valence-corrected chi connectivity index (χ0v) is 7.78. The van der Waals surface area contributed by atoms with Gasteiger partial charge < -0.3 is 10.1 Å². The van der Waals surface area contributed by atoms with E-state index in [2.05, 4.69) is 0 Å². The Balaban J connectivity index is 2.36. The summed E-state index contributed by atoms with van der Waals surface area (Å²) < 4.78 is 5.08. The molecule has 1 rings (SSSR count). The maximum atomic E-state index is 11.1. The predicted octanol–water partition coefficient (Wildman–Crippen LogP) is 1.12. The summed E-state index contributed by atoms with van der Waals surface area (Å²) in [5.41, 5.74) is 0.220. The second kappa shape index (κ2) is 5.32. The van der Waals surface area contributed by atoms with Crippen LogP contribution in [0.2, 0.25) is 0 Å². The van der Waals surface area contributed by atoms with Gasteiger partial charge in [0.1, 0.15) is 6.61 Å². The number of Topliss-reactive ketones (excluding diaryl/α,β-unsaturated/α-hetero) is 1. The number of ether oxygens (including phenoxy) is 1. The number of hydrogen-bond donors (Lipinski definition) is 1. The Morgan fingerprint density at radius 1 is 1.42 bits per heavy atom. The van der Waals surface area contributed by atoms with Gasteiger partial charge in [-0.05, 0) is 18.6 Å². The van der Waals surface area contributed by atoms with Crippen molar-refractivity contribution in [2.75, 3.05) is 24.7 Å². The molecule has 0 bridgehead atoms. The highest BCUT2D eigenvalue weighted by Crippen LogP contribution is 2.07. The zero-order chi connectivity index (χ0) is 8.81. The normalized spacial score (nSPS) is 22.3. The van der Waals surface area contributed by atoms with Gasteiger partial charge in [0, 0.05) is 5.75 Å². The Labute approximate surface area is 76.4 Å². The van der Waals surface area contributed by atoms with Gasteiger partial charge in [-0.2, -0.15) is 11.8 Å². The number of hydrogen-bond acceptors (Lipinski definition) is 4. The van der Waals surface area contributed by atoms with Crippen molar-refractivity contribution < 1.29 is 9.53 Å². The van der Waals surface area contributed by atoms with E-state index in [0.29, 0.717) is 13.0 Å². The molecule has 0 aromatic heterocycles. The van der Waals surface area contributed by atoms with E-state index in [9.17, 15) is 4.79 Å². The topological polar surface area (TPSA) is 50.1 Å². The molecular formula is C8H13NO2S. The number of carbonyl (C=O) groups is 1. The van der Waals surface area contributed by atoms with E-state index in [1.807, 2.05) is 11.8 Å². The third-order valence-electron chi connectivity index (χ3n) is 1.66. The molecule has 0 unspecified atom stereocenters. The quantitative estimate of drug-likeness (QED) is 0.618. The first-order chi connectivity index (χ1) is 5.80. The lowest BCUT2D eigenvalue weighted by Gasteiger charge is -2.07. The fraction of sp³-hybridized carbons (Fsp3) is 0.750. The molecule has 0 radical (unpaired) electrons. The Hall–Kier alpha value is -0.350. The lowest BCUT2D eigenvalue weighted by molar-refractivity contribution is -0.117. The lowest BCUT2D eigenvalue weighted by atomic mass is 10.1. The number of nitrogens with one attached hydrogen (secondary N) is 1. The number of ketones is 1. The summed E-state index contributed by atoms with van der Waals surface area (Å²) in [6.45, 7) is 0.725. The van der Waals surface area contributed by atoms with E-state index in [1.54, 1.807) is 0 Å². The van der Waals surface area contributed by atoms with Gasteiger partial charge in [-0.25, -0.2) is 0 Å². The minimum absolute atomic E-state index is 0.0966. The Morgan fingerprint density at radius 2 is 2.25 bits per heavy atom. The van der Waals surface area contributed by atoms with Crippen molar-refractivity contribution in [2.24, 2.45) is 0 Å². The van der Waals surface area contributed by atoms with Crippen molar-refractivity contribution >= 4 is 23.3 Å². The highest BCUT2D eigenvalue weighted by Gasteiger charge is 2.10. The minimum Gasteiger partial charge on any atom is -0.372 e. The van der Waals surface area contributed by atoms with Crippen LogP contribution >= 0.6 is 11.8 Å². The van der Waals surface area contributed by atoms with Crippen LogP contribution in [0.25, 0.3) is 0 Å². The molecule has 3 nitrogen and oxygen atoms in total. The Morgan fingerprint density at radius 3 is 3.08 bits per heavy atom. The van der Waals surface area contributed by atoms with E-state index < -0.39 is 0 Å². The van der Waals surface area contributed by atoms with Gasteiger partial charge in [0.2, 0.25) is 5.78 Å². The van der Waals surface area contributed by atoms with Crippen molar-refractivity contribution in [1.82, 2.24) is 0 Å². The summed E-state index contributed by atoms with van der Waals surface area (Å²) >= 11 is 1.82. The molecule has 1 fully saturated rings. The molecule has 0 atom stereocenters. The summed E-state index contributed by atoms with van der Waals surface area (Å²) in [7, 11) is 0. The van der Waals surface area contributed by atoms with Crippen molar-refractivity contribution in [3.8, 4) is 0 Å². The lowest BCUT2D eigenvalue weighted by Crippen LogP contribution is -2.21. The second-order valence-corrected chi connectivity index (χ2v) is 3.89. The van der Waals surface area contributed by atoms with E-state index in [4.69, 9.17) is 10.1 Å². The summed E-state index contributed by atoms with van der Waals surface area (Å²) in [5, 5.41) is 7.36. The standard InChI is InChI=1S/C8H13NO2S/c9-7-2-1-4-12-5-3-11-6-8(7)10/h9H,1-6H2. The van der Waals surface area contributed by atoms with Gasteiger partial charge in [0.25, 0.3) is 0 Å². The average molecular weight is 187 g/mol. The molecule has 1 aliphatic rings. The van der Waals surface area contributed by atoms with Gasteiger partial charge in [0.15, 0.2) is 0 Å². The molecule has 1 saturated heterocycles. The highest BCUT2D eigenvalue weighted by atomic mass is 32.2. The first kappa shape index (κ1) is 9.74. The predicted molar refractivity (Wildman–Crippen MR) is 50.1 cm³/mol. The average Bonchev–Trinajstić information content (AvgIpc) is 2.08. The molecule has 0 spiro atoms. The third kappa shape index (κ3) is 3.36. The molecule has 0 aliphatic carbocycles. The molecule has 1 aliphatic heterocycles. The minimum atomic E-state index is -0.151. The van der Waals surface area contributed by atoms with Crippen LogP contribution in [0.1, 0.15) is 12.8 Å². The first-order valence-electron chi connectivity index (χ1n) is 4.07. The molecule has 1 heterocycles. The monoisotopic (exact) mass is 187 g/mol. The largest absolute Gasteiger partial charge is 0.372 e. The van der Waals surface area contributed by atoms with Gasteiger partial charge in [0.05, 0.1) is 12.3 Å². The SMILES string of the molecule is N=C1CCCSCCOCC1=O. The van der Waals surface area contributed by atoms with Crippen LogP contribution < -0.4 is 0 Å². The second-order valence-electron chi connectivity index (χ2n) is 2.67. The van der Waals surface area contributed by atoms with Crippen molar-refractivity contribution in [3.05, 3.63) is 0 Å². The van der Waals surface area contributed by atoms with Crippen LogP contribution in [0.4, 0.5) is 0 Å². The molecule has 4 heteroatoms. The number of thioether (sulfide) groups is 1. The van der Waals surface area contributed by atoms with Crippen LogP contribution in [0.3, 0.4) is 0 Å². The Bertz CT molecular complexity index is 162. The van der Waals surface area contributed by atoms with E-state index in [1.165, 1.54) is 0 Å². The number of carbonyl (C=O) groups excluding carboxylic acids is 1. The van der Waals surface area contributed by atoms with Gasteiger partial charge in [-0.1, -0.05) is 0 Å². The van der Waals surface area contributed by atoms with Gasteiger partial charge >= 0.3 is 0 Å². The molecule has 68 valence electrons. The summed E-state index contributed by atoms with van der Waals surface area (Å²) in [5.74, 6) is 1.83. The number of rotatable bonds is 0. The molecule has 12 heavy (non-hydrogen) atoms. The molecule has 1 N–H and O–H groups in total. The third-order valence-corrected chi connectivity index (χ3v) is 2.69. The van der Waals surface area contributed by atoms with Crippen LogP contribution in [-0.2, 0) is 9.53 Å². The smallest absolute Gasteiger partial charge is 0.201 e. The molecular weight excluding hydrogens is 174 g/mol. The van der Waals surface area contributed by atoms with Crippen LogP contribution in [0, 0.1) is 5.41 Å². The van der Waals surface area contributed by atoms with Crippen molar-refractivity contribution in [1.29, 1.82) is 5.41 Å². The molecule has 0 amide bonds. The molecule has 0 aromatic carbocycles. The van der Waals surface area contributed by atoms with Gasteiger partial charge in [-0.15, -0.1) is 0 Å². The summed E-state index contributed by atoms with van der Waals surface area (Å²) in [6.07, 6.45) is 1.55. The zero-order valence-electron chi connectivity index (χ0n) is 6.97. The van der Waals surface area contributed by atoms with Crippen LogP contribution in [-0.4, -0.2) is 36.2 Å². The summed E-state index contributed by atoms with van der Waals surface area (Å²) in [4.78, 5) is 11.1. The van der Waals surface area contributed by atoms with Gasteiger partial charge in [-0.3, -0.25) is 4.79 Å². The van der Waals surface area contributed by atoms with Crippen molar-refractivity contribution in [3.63, 3.8) is 0 Å².